The Labute approximate surface area is 196 Å². The summed E-state index contributed by atoms with van der Waals surface area (Å²) in [4.78, 5) is 12.6. The second kappa shape index (κ2) is 9.65. The standard InChI is InChI=1S/C21H26N6O4S2/c1-14-19(15(2)26(3)25-14)22-18(28)13-32-21-24-23-20(31-21)16-8-7-9-17(12-16)33(29,30)27-10-5-4-6-11-27/h7-9,12H,4-6,10-11,13H2,1-3H3,(H,22,28). The van der Waals surface area contributed by atoms with Gasteiger partial charge < -0.3 is 9.73 Å². The molecule has 0 unspecified atom stereocenters. The van der Waals surface area contributed by atoms with Gasteiger partial charge in [0, 0.05) is 25.7 Å². The number of hydrogen-bond donors (Lipinski definition) is 1. The van der Waals surface area contributed by atoms with Gasteiger partial charge in [-0.05, 0) is 44.9 Å². The number of benzene rings is 1. The summed E-state index contributed by atoms with van der Waals surface area (Å²) in [5.74, 6) is 0.0693. The summed E-state index contributed by atoms with van der Waals surface area (Å²) in [7, 11) is -1.74. The van der Waals surface area contributed by atoms with E-state index < -0.39 is 10.0 Å². The van der Waals surface area contributed by atoms with Gasteiger partial charge in [-0.3, -0.25) is 9.48 Å². The molecule has 1 N–H and O–H groups in total. The largest absolute Gasteiger partial charge is 0.411 e. The smallest absolute Gasteiger partial charge is 0.277 e. The maximum atomic E-state index is 13.0. The van der Waals surface area contributed by atoms with Crippen LogP contribution in [-0.2, 0) is 21.9 Å². The van der Waals surface area contributed by atoms with Gasteiger partial charge in [-0.25, -0.2) is 8.42 Å². The van der Waals surface area contributed by atoms with Crippen molar-refractivity contribution in [1.82, 2.24) is 24.3 Å². The van der Waals surface area contributed by atoms with Crippen molar-refractivity contribution in [1.29, 1.82) is 0 Å². The molecule has 33 heavy (non-hydrogen) atoms. The number of amides is 1. The normalized spacial score (nSPS) is 15.0. The minimum atomic E-state index is -3.56. The first-order valence-electron chi connectivity index (χ1n) is 10.6. The molecule has 1 amide bonds. The molecule has 1 saturated heterocycles. The van der Waals surface area contributed by atoms with Crippen LogP contribution in [0.2, 0.25) is 0 Å². The van der Waals surface area contributed by atoms with E-state index in [1.54, 1.807) is 28.9 Å². The van der Waals surface area contributed by atoms with Crippen molar-refractivity contribution in [3.8, 4) is 11.5 Å². The molecule has 12 heteroatoms. The number of thioether (sulfide) groups is 1. The molecular formula is C21H26N6O4S2. The molecule has 10 nitrogen and oxygen atoms in total. The van der Waals surface area contributed by atoms with Crippen LogP contribution in [-0.4, -0.2) is 57.5 Å². The fourth-order valence-electron chi connectivity index (χ4n) is 3.69. The number of aromatic nitrogens is 4. The maximum Gasteiger partial charge on any atom is 0.277 e. The predicted molar refractivity (Wildman–Crippen MR) is 124 cm³/mol. The minimum absolute atomic E-state index is 0.0821. The van der Waals surface area contributed by atoms with Crippen molar-refractivity contribution in [2.75, 3.05) is 24.2 Å². The van der Waals surface area contributed by atoms with Crippen LogP contribution >= 0.6 is 11.8 Å². The Bertz CT molecular complexity index is 1260. The first kappa shape index (κ1) is 23.5. The molecule has 176 valence electrons. The van der Waals surface area contributed by atoms with Crippen molar-refractivity contribution in [2.45, 2.75) is 43.2 Å². The molecule has 0 bridgehead atoms. The molecule has 0 radical (unpaired) electrons. The van der Waals surface area contributed by atoms with Crippen LogP contribution in [0.3, 0.4) is 0 Å². The van der Waals surface area contributed by atoms with Crippen LogP contribution in [0, 0.1) is 13.8 Å². The number of rotatable bonds is 7. The highest BCUT2D eigenvalue weighted by Crippen LogP contribution is 2.27. The predicted octanol–water partition coefficient (Wildman–Crippen LogP) is 2.99. The van der Waals surface area contributed by atoms with Crippen LogP contribution in [0.15, 0.2) is 38.8 Å². The summed E-state index contributed by atoms with van der Waals surface area (Å²) in [5, 5.41) is 15.4. The second-order valence-corrected chi connectivity index (χ2v) is 10.7. The lowest BCUT2D eigenvalue weighted by molar-refractivity contribution is -0.113. The zero-order chi connectivity index (χ0) is 23.6. The van der Waals surface area contributed by atoms with Crippen LogP contribution in [0.4, 0.5) is 5.69 Å². The summed E-state index contributed by atoms with van der Waals surface area (Å²) >= 11 is 1.11. The average molecular weight is 491 g/mol. The van der Waals surface area contributed by atoms with E-state index in [-0.39, 0.29) is 27.7 Å². The third-order valence-corrected chi connectivity index (χ3v) is 8.25. The minimum Gasteiger partial charge on any atom is -0.411 e. The zero-order valence-electron chi connectivity index (χ0n) is 18.7. The van der Waals surface area contributed by atoms with Crippen molar-refractivity contribution in [2.24, 2.45) is 7.05 Å². The number of anilines is 1. The number of aryl methyl sites for hydroxylation is 2. The van der Waals surface area contributed by atoms with E-state index in [0.717, 1.165) is 42.4 Å². The van der Waals surface area contributed by atoms with Crippen molar-refractivity contribution < 1.29 is 17.6 Å². The van der Waals surface area contributed by atoms with Gasteiger partial charge in [0.25, 0.3) is 5.22 Å². The topological polar surface area (TPSA) is 123 Å². The van der Waals surface area contributed by atoms with Gasteiger partial charge in [-0.1, -0.05) is 24.2 Å². The van der Waals surface area contributed by atoms with Crippen molar-refractivity contribution >= 4 is 33.4 Å². The highest BCUT2D eigenvalue weighted by Gasteiger charge is 2.26. The van der Waals surface area contributed by atoms with Crippen molar-refractivity contribution in [3.63, 3.8) is 0 Å². The SMILES string of the molecule is Cc1nn(C)c(C)c1NC(=O)CSc1nnc(-c2cccc(S(=O)(=O)N3CCCCC3)c2)o1. The van der Waals surface area contributed by atoms with Gasteiger partial charge in [-0.2, -0.15) is 9.40 Å². The van der Waals surface area contributed by atoms with Gasteiger partial charge in [0.1, 0.15) is 0 Å². The molecule has 3 aromatic rings. The molecule has 1 aromatic carbocycles. The van der Waals surface area contributed by atoms with E-state index in [4.69, 9.17) is 4.42 Å². The van der Waals surface area contributed by atoms with Gasteiger partial charge in [-0.15, -0.1) is 10.2 Å². The van der Waals surface area contributed by atoms with E-state index in [0.29, 0.717) is 24.3 Å². The molecule has 2 aromatic heterocycles. The fourth-order valence-corrected chi connectivity index (χ4v) is 5.81. The number of carbonyl (C=O) groups is 1. The summed E-state index contributed by atoms with van der Waals surface area (Å²) in [6.07, 6.45) is 2.79. The van der Waals surface area contributed by atoms with E-state index in [1.807, 2.05) is 20.9 Å². The third-order valence-electron chi connectivity index (χ3n) is 5.54. The van der Waals surface area contributed by atoms with E-state index >= 15 is 0 Å². The van der Waals surface area contributed by atoms with Crippen LogP contribution in [0.25, 0.3) is 11.5 Å². The molecule has 0 saturated carbocycles. The molecule has 4 rings (SSSR count). The zero-order valence-corrected chi connectivity index (χ0v) is 20.4. The van der Waals surface area contributed by atoms with Gasteiger partial charge in [0.05, 0.1) is 27.7 Å². The van der Waals surface area contributed by atoms with Crippen LogP contribution < -0.4 is 5.32 Å². The molecular weight excluding hydrogens is 464 g/mol. The molecule has 0 atom stereocenters. The number of carbonyl (C=O) groups excluding carboxylic acids is 1. The Hall–Kier alpha value is -2.70. The van der Waals surface area contributed by atoms with Crippen LogP contribution in [0.1, 0.15) is 30.7 Å². The molecule has 1 aliphatic rings. The Morgan fingerprint density at radius 2 is 1.94 bits per heavy atom. The second-order valence-electron chi connectivity index (χ2n) is 7.87. The summed E-state index contributed by atoms with van der Waals surface area (Å²) in [6, 6.07) is 6.51. The number of nitrogens with one attached hydrogen (secondary N) is 1. The van der Waals surface area contributed by atoms with Gasteiger partial charge in [0.2, 0.25) is 21.8 Å². The first-order valence-corrected chi connectivity index (χ1v) is 13.0. The summed E-state index contributed by atoms with van der Waals surface area (Å²) in [5.41, 5.74) is 2.82. The fraction of sp³-hybridized carbons (Fsp3) is 0.429. The Morgan fingerprint density at radius 1 is 1.18 bits per heavy atom. The molecule has 1 aliphatic heterocycles. The summed E-state index contributed by atoms with van der Waals surface area (Å²) in [6.45, 7) is 4.79. The average Bonchev–Trinajstić information content (AvgIpc) is 3.39. The Morgan fingerprint density at radius 3 is 2.64 bits per heavy atom. The lowest BCUT2D eigenvalue weighted by Gasteiger charge is -2.25. The maximum absolute atomic E-state index is 13.0. The molecule has 0 aliphatic carbocycles. The highest BCUT2D eigenvalue weighted by molar-refractivity contribution is 7.99. The van der Waals surface area contributed by atoms with Gasteiger partial charge >= 0.3 is 0 Å². The third kappa shape index (κ3) is 5.12. The van der Waals surface area contributed by atoms with E-state index in [2.05, 4.69) is 20.6 Å². The lowest BCUT2D eigenvalue weighted by atomic mass is 10.2. The summed E-state index contributed by atoms with van der Waals surface area (Å²) < 4.78 is 34.8. The molecule has 3 heterocycles. The quantitative estimate of drug-likeness (QED) is 0.502. The lowest BCUT2D eigenvalue weighted by Crippen LogP contribution is -2.35. The van der Waals surface area contributed by atoms with Crippen molar-refractivity contribution in [3.05, 3.63) is 35.7 Å². The molecule has 0 spiro atoms. The molecule has 1 fully saturated rings. The van der Waals surface area contributed by atoms with E-state index in [1.165, 1.54) is 4.31 Å². The van der Waals surface area contributed by atoms with E-state index in [9.17, 15) is 13.2 Å². The highest BCUT2D eigenvalue weighted by atomic mass is 32.2. The first-order chi connectivity index (χ1) is 15.8. The number of sulfonamides is 1. The number of nitrogens with zero attached hydrogens (tertiary/aromatic N) is 5. The van der Waals surface area contributed by atoms with Gasteiger partial charge in [0.15, 0.2) is 0 Å². The monoisotopic (exact) mass is 490 g/mol. The Kier molecular flexibility index (Phi) is 6.86. The number of hydrogen-bond acceptors (Lipinski definition) is 8. The number of piperidine rings is 1. The Balaban J connectivity index is 1.42. The van der Waals surface area contributed by atoms with Crippen LogP contribution in [0.5, 0.6) is 0 Å².